The van der Waals surface area contributed by atoms with Gasteiger partial charge in [-0.3, -0.25) is 4.98 Å². The lowest BCUT2D eigenvalue weighted by atomic mass is 10.0. The van der Waals surface area contributed by atoms with Crippen molar-refractivity contribution in [2.75, 3.05) is 0 Å². The van der Waals surface area contributed by atoms with Gasteiger partial charge in [0.25, 0.3) is 0 Å². The van der Waals surface area contributed by atoms with Crippen LogP contribution in [0.3, 0.4) is 0 Å². The van der Waals surface area contributed by atoms with Crippen LogP contribution in [0.15, 0.2) is 55.0 Å². The number of hydrogen-bond acceptors (Lipinski definition) is 2. The zero-order valence-electron chi connectivity index (χ0n) is 10.2. The van der Waals surface area contributed by atoms with E-state index in [0.29, 0.717) is 5.57 Å². The molecule has 0 atom stereocenters. The van der Waals surface area contributed by atoms with Gasteiger partial charge >= 0.3 is 0 Å². The maximum atomic E-state index is 9.37. The molecule has 0 aliphatic rings. The number of rotatable bonds is 2. The Morgan fingerprint density at radius 3 is 2.89 bits per heavy atom. The van der Waals surface area contributed by atoms with Crippen LogP contribution >= 0.6 is 0 Å². The summed E-state index contributed by atoms with van der Waals surface area (Å²) in [5, 5.41) is 10.4. The summed E-state index contributed by atoms with van der Waals surface area (Å²) in [6.07, 6.45) is 7.18. The van der Waals surface area contributed by atoms with E-state index in [9.17, 15) is 5.26 Å². The zero-order chi connectivity index (χ0) is 13.1. The van der Waals surface area contributed by atoms with Crippen LogP contribution < -0.4 is 0 Å². The minimum atomic E-state index is 0.630. The molecule has 0 aliphatic carbocycles. The molecule has 0 saturated heterocycles. The Morgan fingerprint density at radius 2 is 2.11 bits per heavy atom. The minimum absolute atomic E-state index is 0.630. The summed E-state index contributed by atoms with van der Waals surface area (Å²) in [7, 11) is 0. The third-order valence-electron chi connectivity index (χ3n) is 3.00. The molecule has 0 unspecified atom stereocenters. The molecule has 90 valence electrons. The number of H-pyrrole nitrogens is 1. The second-order valence-electron chi connectivity index (χ2n) is 4.20. The van der Waals surface area contributed by atoms with Gasteiger partial charge in [-0.1, -0.05) is 24.3 Å². The van der Waals surface area contributed by atoms with Crippen molar-refractivity contribution in [3.63, 3.8) is 0 Å². The third kappa shape index (κ3) is 2.12. The summed E-state index contributed by atoms with van der Waals surface area (Å²) in [6.45, 7) is 0. The average Bonchev–Trinajstić information content (AvgIpc) is 2.90. The van der Waals surface area contributed by atoms with E-state index >= 15 is 0 Å². The molecule has 2 heterocycles. The van der Waals surface area contributed by atoms with Crippen molar-refractivity contribution in [2.24, 2.45) is 0 Å². The summed E-state index contributed by atoms with van der Waals surface area (Å²) in [5.41, 5.74) is 3.50. The number of nitriles is 1. The van der Waals surface area contributed by atoms with E-state index in [4.69, 9.17) is 0 Å². The first-order valence-corrected chi connectivity index (χ1v) is 5.97. The van der Waals surface area contributed by atoms with E-state index in [1.165, 1.54) is 0 Å². The smallest absolute Gasteiger partial charge is 0.0998 e. The topological polar surface area (TPSA) is 52.5 Å². The van der Waals surface area contributed by atoms with E-state index < -0.39 is 0 Å². The summed E-state index contributed by atoms with van der Waals surface area (Å²) in [4.78, 5) is 7.24. The second-order valence-corrected chi connectivity index (χ2v) is 4.20. The first-order chi connectivity index (χ1) is 9.38. The number of benzene rings is 1. The standard InChI is InChI=1S/C16H11N3/c17-9-13(8-12-4-3-7-18-10-12)15-11-19-16-6-2-1-5-14(15)16/h1-8,10-11,19H/b13-8+. The van der Waals surface area contributed by atoms with Gasteiger partial charge in [-0.25, -0.2) is 0 Å². The summed E-state index contributed by atoms with van der Waals surface area (Å²) in [6, 6.07) is 14.0. The fraction of sp³-hybridized carbons (Fsp3) is 0. The van der Waals surface area contributed by atoms with Gasteiger partial charge in [0.15, 0.2) is 0 Å². The molecule has 2 aromatic heterocycles. The quantitative estimate of drug-likeness (QED) is 0.701. The highest BCUT2D eigenvalue weighted by atomic mass is 14.7. The Bertz CT molecular complexity index is 776. The van der Waals surface area contributed by atoms with Gasteiger partial charge in [0.1, 0.15) is 0 Å². The Kier molecular flexibility index (Phi) is 2.83. The van der Waals surface area contributed by atoms with Crippen molar-refractivity contribution in [1.29, 1.82) is 5.26 Å². The van der Waals surface area contributed by atoms with Crippen molar-refractivity contribution in [2.45, 2.75) is 0 Å². The number of hydrogen-bond donors (Lipinski definition) is 1. The lowest BCUT2D eigenvalue weighted by Gasteiger charge is -1.97. The molecule has 0 amide bonds. The van der Waals surface area contributed by atoms with Crippen LogP contribution in [0.4, 0.5) is 0 Å². The van der Waals surface area contributed by atoms with Crippen molar-refractivity contribution in [3.8, 4) is 6.07 Å². The van der Waals surface area contributed by atoms with Gasteiger partial charge in [0, 0.05) is 35.1 Å². The van der Waals surface area contributed by atoms with Crippen molar-refractivity contribution in [1.82, 2.24) is 9.97 Å². The maximum Gasteiger partial charge on any atom is 0.0998 e. The highest BCUT2D eigenvalue weighted by Gasteiger charge is 2.07. The molecule has 0 spiro atoms. The molecule has 0 radical (unpaired) electrons. The number of nitrogens with one attached hydrogen (secondary N) is 1. The van der Waals surface area contributed by atoms with E-state index in [-0.39, 0.29) is 0 Å². The predicted molar refractivity (Wildman–Crippen MR) is 76.0 cm³/mol. The minimum Gasteiger partial charge on any atom is -0.361 e. The molecule has 19 heavy (non-hydrogen) atoms. The number of nitrogens with zero attached hydrogens (tertiary/aromatic N) is 2. The van der Waals surface area contributed by atoms with Crippen molar-refractivity contribution in [3.05, 3.63) is 66.1 Å². The van der Waals surface area contributed by atoms with Crippen LogP contribution in [-0.4, -0.2) is 9.97 Å². The number of allylic oxidation sites excluding steroid dienone is 1. The van der Waals surface area contributed by atoms with Crippen LogP contribution in [0.2, 0.25) is 0 Å². The van der Waals surface area contributed by atoms with Crippen LogP contribution in [0, 0.1) is 11.3 Å². The van der Waals surface area contributed by atoms with Gasteiger partial charge in [-0.05, 0) is 23.8 Å². The fourth-order valence-electron chi connectivity index (χ4n) is 2.09. The van der Waals surface area contributed by atoms with Gasteiger partial charge in [-0.15, -0.1) is 0 Å². The van der Waals surface area contributed by atoms with E-state index in [2.05, 4.69) is 16.0 Å². The number of aromatic nitrogens is 2. The number of pyridine rings is 1. The molecule has 0 aliphatic heterocycles. The molecule has 3 rings (SSSR count). The molecule has 3 aromatic rings. The normalized spacial score (nSPS) is 11.4. The molecular formula is C16H11N3. The highest BCUT2D eigenvalue weighted by molar-refractivity contribution is 6.01. The molecule has 1 aromatic carbocycles. The number of aromatic amines is 1. The van der Waals surface area contributed by atoms with Gasteiger partial charge in [-0.2, -0.15) is 5.26 Å². The SMILES string of the molecule is N#C/C(=C\c1cccnc1)c1c[nH]c2ccccc12. The molecule has 0 bridgehead atoms. The van der Waals surface area contributed by atoms with E-state index in [1.807, 2.05) is 48.7 Å². The van der Waals surface area contributed by atoms with Crippen LogP contribution in [0.25, 0.3) is 22.6 Å². The van der Waals surface area contributed by atoms with Crippen LogP contribution in [0.5, 0.6) is 0 Å². The molecule has 3 nitrogen and oxygen atoms in total. The Balaban J connectivity index is 2.14. The van der Waals surface area contributed by atoms with Gasteiger partial charge in [0.2, 0.25) is 0 Å². The predicted octanol–water partition coefficient (Wildman–Crippen LogP) is 3.63. The van der Waals surface area contributed by atoms with Crippen molar-refractivity contribution >= 4 is 22.6 Å². The Labute approximate surface area is 110 Å². The Morgan fingerprint density at radius 1 is 1.21 bits per heavy atom. The zero-order valence-corrected chi connectivity index (χ0v) is 10.2. The van der Waals surface area contributed by atoms with Gasteiger partial charge < -0.3 is 4.98 Å². The molecule has 0 fully saturated rings. The van der Waals surface area contributed by atoms with Crippen LogP contribution in [0.1, 0.15) is 11.1 Å². The average molecular weight is 245 g/mol. The van der Waals surface area contributed by atoms with Gasteiger partial charge in [0.05, 0.1) is 11.6 Å². The molecular weight excluding hydrogens is 234 g/mol. The first kappa shape index (κ1) is 11.2. The molecule has 3 heteroatoms. The lowest BCUT2D eigenvalue weighted by molar-refractivity contribution is 1.32. The van der Waals surface area contributed by atoms with E-state index in [0.717, 1.165) is 22.0 Å². The highest BCUT2D eigenvalue weighted by Crippen LogP contribution is 2.25. The summed E-state index contributed by atoms with van der Waals surface area (Å²) >= 11 is 0. The Hall–Kier alpha value is -2.86. The lowest BCUT2D eigenvalue weighted by Crippen LogP contribution is -1.81. The van der Waals surface area contributed by atoms with Crippen LogP contribution in [-0.2, 0) is 0 Å². The summed E-state index contributed by atoms with van der Waals surface area (Å²) < 4.78 is 0. The van der Waals surface area contributed by atoms with Crippen molar-refractivity contribution < 1.29 is 0 Å². The maximum absolute atomic E-state index is 9.37. The number of para-hydroxylation sites is 1. The molecule has 1 N–H and O–H groups in total. The molecule has 0 saturated carbocycles. The van der Waals surface area contributed by atoms with E-state index in [1.54, 1.807) is 12.4 Å². The monoisotopic (exact) mass is 245 g/mol. The fourth-order valence-corrected chi connectivity index (χ4v) is 2.09. The second kappa shape index (κ2) is 4.79. The largest absolute Gasteiger partial charge is 0.361 e. The first-order valence-electron chi connectivity index (χ1n) is 5.97. The third-order valence-corrected chi connectivity index (χ3v) is 3.00. The number of fused-ring (bicyclic) bond motifs is 1. The summed E-state index contributed by atoms with van der Waals surface area (Å²) in [5.74, 6) is 0.